The quantitative estimate of drug-likeness (QED) is 0.263. The Hall–Kier alpha value is -1.84. The molecule has 1 saturated heterocycles. The van der Waals surface area contributed by atoms with Crippen LogP contribution in [-0.2, 0) is 24.4 Å². The molecule has 1 aliphatic heterocycles. The maximum Gasteiger partial charge on any atom is 0.191 e. The van der Waals surface area contributed by atoms with Gasteiger partial charge in [0.25, 0.3) is 0 Å². The van der Waals surface area contributed by atoms with E-state index in [2.05, 4.69) is 65.8 Å². The van der Waals surface area contributed by atoms with E-state index in [9.17, 15) is 0 Å². The van der Waals surface area contributed by atoms with Crippen molar-refractivity contribution in [3.8, 4) is 5.75 Å². The number of nitrogens with zero attached hydrogens (tertiary/aromatic N) is 2. The van der Waals surface area contributed by atoms with Crippen molar-refractivity contribution in [2.24, 2.45) is 4.99 Å². The molecule has 1 fully saturated rings. The van der Waals surface area contributed by atoms with Crippen LogP contribution in [0.25, 0.3) is 0 Å². The lowest BCUT2D eigenvalue weighted by Gasteiger charge is -2.27. The first-order valence-electron chi connectivity index (χ1n) is 11.4. The summed E-state index contributed by atoms with van der Waals surface area (Å²) in [6.07, 6.45) is 1.00. The Labute approximate surface area is 209 Å². The number of benzene rings is 2. The number of ether oxygens (including phenoxy) is 2. The predicted octanol–water partition coefficient (Wildman–Crippen LogP) is 4.18. The van der Waals surface area contributed by atoms with Gasteiger partial charge in [-0.1, -0.05) is 43.3 Å². The van der Waals surface area contributed by atoms with Crippen LogP contribution in [0.15, 0.2) is 53.5 Å². The molecule has 3 rings (SSSR count). The number of aliphatic imine (C=N–C) groups is 1. The molecule has 1 heterocycles. The van der Waals surface area contributed by atoms with Crippen LogP contribution in [-0.4, -0.2) is 50.3 Å². The zero-order valence-corrected chi connectivity index (χ0v) is 21.6. The topological polar surface area (TPSA) is 58.1 Å². The third-order valence-corrected chi connectivity index (χ3v) is 5.20. The molecule has 7 heteroatoms. The zero-order valence-electron chi connectivity index (χ0n) is 19.3. The van der Waals surface area contributed by atoms with E-state index in [1.54, 1.807) is 0 Å². The largest absolute Gasteiger partial charge is 0.494 e. The molecule has 176 valence electrons. The van der Waals surface area contributed by atoms with E-state index in [0.717, 1.165) is 76.2 Å². The van der Waals surface area contributed by atoms with E-state index in [1.807, 2.05) is 12.1 Å². The highest BCUT2D eigenvalue weighted by molar-refractivity contribution is 14.0. The van der Waals surface area contributed by atoms with E-state index in [-0.39, 0.29) is 24.0 Å². The standard InChI is InChI=1S/C25H36N4O2.HI/c1-3-14-31-24-11-7-8-21(17-24)18-27-25(26-4-2)28-19-22-9-5-6-10-23(22)20-29-12-15-30-16-13-29;/h5-11,17H,3-4,12-16,18-20H2,1-2H3,(H2,26,27,28);1H. The SMILES string of the molecule is CCCOc1cccc(CN=C(NCC)NCc2ccccc2CN2CCOCC2)c1.I. The predicted molar refractivity (Wildman–Crippen MR) is 142 cm³/mol. The number of hydrogen-bond donors (Lipinski definition) is 2. The number of halogens is 1. The second kappa shape index (κ2) is 15.1. The van der Waals surface area contributed by atoms with Gasteiger partial charge in [0.2, 0.25) is 0 Å². The second-order valence-corrected chi connectivity index (χ2v) is 7.70. The third-order valence-electron chi connectivity index (χ3n) is 5.20. The van der Waals surface area contributed by atoms with E-state index < -0.39 is 0 Å². The summed E-state index contributed by atoms with van der Waals surface area (Å²) in [6, 6.07) is 16.8. The lowest BCUT2D eigenvalue weighted by molar-refractivity contribution is 0.0341. The minimum atomic E-state index is 0. The van der Waals surface area contributed by atoms with Crippen molar-refractivity contribution in [2.45, 2.75) is 39.9 Å². The summed E-state index contributed by atoms with van der Waals surface area (Å²) in [6.45, 7) is 11.7. The Morgan fingerprint density at radius 3 is 2.56 bits per heavy atom. The summed E-state index contributed by atoms with van der Waals surface area (Å²) in [4.78, 5) is 7.23. The first kappa shape index (κ1) is 26.4. The van der Waals surface area contributed by atoms with Gasteiger partial charge in [-0.15, -0.1) is 24.0 Å². The van der Waals surface area contributed by atoms with Gasteiger partial charge in [0.05, 0.1) is 26.4 Å². The monoisotopic (exact) mass is 552 g/mol. The van der Waals surface area contributed by atoms with Crippen molar-refractivity contribution < 1.29 is 9.47 Å². The van der Waals surface area contributed by atoms with Gasteiger partial charge >= 0.3 is 0 Å². The van der Waals surface area contributed by atoms with Crippen LogP contribution in [0.1, 0.15) is 37.0 Å². The molecule has 1 aliphatic rings. The highest BCUT2D eigenvalue weighted by Gasteiger charge is 2.12. The summed E-state index contributed by atoms with van der Waals surface area (Å²) in [5.41, 5.74) is 3.79. The van der Waals surface area contributed by atoms with Crippen molar-refractivity contribution in [1.82, 2.24) is 15.5 Å². The van der Waals surface area contributed by atoms with E-state index >= 15 is 0 Å². The Morgan fingerprint density at radius 2 is 1.81 bits per heavy atom. The van der Waals surface area contributed by atoms with Gasteiger partial charge in [-0.3, -0.25) is 4.90 Å². The molecule has 2 N–H and O–H groups in total. The van der Waals surface area contributed by atoms with Gasteiger partial charge in [0, 0.05) is 32.7 Å². The number of hydrogen-bond acceptors (Lipinski definition) is 4. The number of nitrogens with one attached hydrogen (secondary N) is 2. The Bertz CT molecular complexity index is 825. The summed E-state index contributed by atoms with van der Waals surface area (Å²) in [5, 5.41) is 6.85. The summed E-state index contributed by atoms with van der Waals surface area (Å²) >= 11 is 0. The zero-order chi connectivity index (χ0) is 21.7. The fourth-order valence-electron chi connectivity index (χ4n) is 3.53. The summed E-state index contributed by atoms with van der Waals surface area (Å²) < 4.78 is 11.2. The molecule has 0 atom stereocenters. The average molecular weight is 553 g/mol. The maximum absolute atomic E-state index is 5.74. The molecule has 0 aromatic heterocycles. The van der Waals surface area contributed by atoms with Crippen LogP contribution in [0.4, 0.5) is 0 Å². The molecule has 0 bridgehead atoms. The molecule has 0 amide bonds. The highest BCUT2D eigenvalue weighted by Crippen LogP contribution is 2.15. The minimum absolute atomic E-state index is 0. The Morgan fingerprint density at radius 1 is 1.03 bits per heavy atom. The van der Waals surface area contributed by atoms with Crippen molar-refractivity contribution in [3.63, 3.8) is 0 Å². The van der Waals surface area contributed by atoms with Crippen molar-refractivity contribution >= 4 is 29.9 Å². The van der Waals surface area contributed by atoms with Gasteiger partial charge in [-0.05, 0) is 42.2 Å². The molecule has 0 saturated carbocycles. The maximum atomic E-state index is 5.74. The van der Waals surface area contributed by atoms with Gasteiger partial charge in [0.1, 0.15) is 5.75 Å². The molecule has 0 unspecified atom stereocenters. The van der Waals surface area contributed by atoms with Crippen LogP contribution in [0.3, 0.4) is 0 Å². The molecule has 2 aromatic carbocycles. The van der Waals surface area contributed by atoms with E-state index in [0.29, 0.717) is 6.54 Å². The molecule has 6 nitrogen and oxygen atoms in total. The van der Waals surface area contributed by atoms with Gasteiger partial charge in [0.15, 0.2) is 5.96 Å². The minimum Gasteiger partial charge on any atom is -0.494 e. The van der Waals surface area contributed by atoms with Crippen LogP contribution in [0, 0.1) is 0 Å². The fraction of sp³-hybridized carbons (Fsp3) is 0.480. The normalized spacial score (nSPS) is 14.5. The van der Waals surface area contributed by atoms with Crippen LogP contribution >= 0.6 is 24.0 Å². The average Bonchev–Trinajstić information content (AvgIpc) is 2.81. The first-order chi connectivity index (χ1) is 15.3. The first-order valence-corrected chi connectivity index (χ1v) is 11.4. The van der Waals surface area contributed by atoms with E-state index in [1.165, 1.54) is 11.1 Å². The van der Waals surface area contributed by atoms with Crippen molar-refractivity contribution in [1.29, 1.82) is 0 Å². The molecule has 0 radical (unpaired) electrons. The smallest absolute Gasteiger partial charge is 0.191 e. The Balaban J connectivity index is 0.00000363. The van der Waals surface area contributed by atoms with Crippen LogP contribution in [0.5, 0.6) is 5.75 Å². The highest BCUT2D eigenvalue weighted by atomic mass is 127. The van der Waals surface area contributed by atoms with Crippen LogP contribution in [0.2, 0.25) is 0 Å². The molecule has 0 aliphatic carbocycles. The molecule has 0 spiro atoms. The Kier molecular flexibility index (Phi) is 12.4. The molecular weight excluding hydrogens is 515 g/mol. The third kappa shape index (κ3) is 8.96. The summed E-state index contributed by atoms with van der Waals surface area (Å²) in [7, 11) is 0. The fourth-order valence-corrected chi connectivity index (χ4v) is 3.53. The molecule has 32 heavy (non-hydrogen) atoms. The van der Waals surface area contributed by atoms with Crippen molar-refractivity contribution in [2.75, 3.05) is 39.5 Å². The number of rotatable bonds is 10. The number of guanidine groups is 1. The van der Waals surface area contributed by atoms with Crippen molar-refractivity contribution in [3.05, 3.63) is 65.2 Å². The lowest BCUT2D eigenvalue weighted by atomic mass is 10.1. The molecular formula is C25H37IN4O2. The van der Waals surface area contributed by atoms with Gasteiger partial charge in [-0.2, -0.15) is 0 Å². The van der Waals surface area contributed by atoms with Gasteiger partial charge < -0.3 is 20.1 Å². The number of morpholine rings is 1. The second-order valence-electron chi connectivity index (χ2n) is 7.70. The lowest BCUT2D eigenvalue weighted by Crippen LogP contribution is -2.38. The van der Waals surface area contributed by atoms with Gasteiger partial charge in [-0.25, -0.2) is 4.99 Å². The summed E-state index contributed by atoms with van der Waals surface area (Å²) in [5.74, 6) is 1.73. The molecule has 2 aromatic rings. The van der Waals surface area contributed by atoms with E-state index in [4.69, 9.17) is 14.5 Å². The van der Waals surface area contributed by atoms with Crippen LogP contribution < -0.4 is 15.4 Å².